The number of aliphatic carboxylic acids is 1. The molecule has 0 amide bonds. The van der Waals surface area contributed by atoms with E-state index in [1.807, 2.05) is 4.98 Å². The minimum absolute atomic E-state index is 0.665. The van der Waals surface area contributed by atoms with Gasteiger partial charge in [0.25, 0.3) is 5.56 Å². The fourth-order valence-electron chi connectivity index (χ4n) is 1.94. The van der Waals surface area contributed by atoms with Crippen LogP contribution in [0.5, 0.6) is 0 Å². The van der Waals surface area contributed by atoms with Crippen LogP contribution in [0.25, 0.3) is 0 Å². The molecule has 1 aromatic heterocycles. The molecule has 3 unspecified atom stereocenters. The number of H-pyrrole nitrogens is 1. The van der Waals surface area contributed by atoms with Gasteiger partial charge in [0.15, 0.2) is 12.3 Å². The van der Waals surface area contributed by atoms with E-state index < -0.39 is 47.9 Å². The third kappa shape index (κ3) is 2.36. The Morgan fingerprint density at radius 2 is 2.00 bits per heavy atom. The van der Waals surface area contributed by atoms with Gasteiger partial charge in [0, 0.05) is 12.3 Å². The summed E-state index contributed by atoms with van der Waals surface area (Å²) in [5, 5.41) is 37.5. The molecule has 20 heavy (non-hydrogen) atoms. The van der Waals surface area contributed by atoms with Crippen LogP contribution >= 0.6 is 0 Å². The highest BCUT2D eigenvalue weighted by molar-refractivity contribution is 5.72. The first-order valence-electron chi connectivity index (χ1n) is 5.57. The van der Waals surface area contributed by atoms with Crippen LogP contribution in [0.3, 0.4) is 0 Å². The second-order valence-electron chi connectivity index (χ2n) is 4.27. The molecule has 5 N–H and O–H groups in total. The molecule has 1 aliphatic heterocycles. The largest absolute Gasteiger partial charge is 0.479 e. The zero-order valence-electron chi connectivity index (χ0n) is 9.91. The van der Waals surface area contributed by atoms with Crippen molar-refractivity contribution in [3.05, 3.63) is 33.1 Å². The SMILES string of the molecule is O=C(O)C(O)[C@@H]1O[C@H](n2ccc(=O)[nH]c2=O)C(O)C1O. The molecule has 10 heteroatoms. The maximum Gasteiger partial charge on any atom is 0.335 e. The fourth-order valence-corrected chi connectivity index (χ4v) is 1.94. The van der Waals surface area contributed by atoms with Crippen molar-refractivity contribution in [3.8, 4) is 0 Å². The molecule has 1 fully saturated rings. The van der Waals surface area contributed by atoms with E-state index in [1.54, 1.807) is 0 Å². The number of aromatic amines is 1. The van der Waals surface area contributed by atoms with Crippen LogP contribution in [0, 0.1) is 0 Å². The lowest BCUT2D eigenvalue weighted by molar-refractivity contribution is -0.160. The number of aliphatic hydroxyl groups is 3. The summed E-state index contributed by atoms with van der Waals surface area (Å²) in [6.07, 6.45) is -7.41. The average Bonchev–Trinajstić information content (AvgIpc) is 2.66. The molecule has 0 saturated carbocycles. The Morgan fingerprint density at radius 1 is 1.35 bits per heavy atom. The lowest BCUT2D eigenvalue weighted by Crippen LogP contribution is -2.42. The molecular formula is C10H12N2O8. The molecule has 2 rings (SSSR count). The van der Waals surface area contributed by atoms with Crippen LogP contribution < -0.4 is 11.2 Å². The van der Waals surface area contributed by atoms with E-state index in [-0.39, 0.29) is 0 Å². The minimum Gasteiger partial charge on any atom is -0.479 e. The fraction of sp³-hybridized carbons (Fsp3) is 0.500. The summed E-state index contributed by atoms with van der Waals surface area (Å²) in [6, 6.07) is 0.991. The summed E-state index contributed by atoms with van der Waals surface area (Å²) in [5.74, 6) is -1.64. The molecule has 1 aliphatic rings. The van der Waals surface area contributed by atoms with Crippen molar-refractivity contribution in [2.75, 3.05) is 0 Å². The van der Waals surface area contributed by atoms with Crippen LogP contribution in [-0.4, -0.2) is 60.4 Å². The summed E-state index contributed by atoms with van der Waals surface area (Å²) in [5.41, 5.74) is -1.57. The lowest BCUT2D eigenvalue weighted by atomic mass is 10.1. The molecule has 0 bridgehead atoms. The predicted octanol–water partition coefficient (Wildman–Crippen LogP) is -3.40. The number of hydrogen-bond donors (Lipinski definition) is 5. The molecule has 5 atom stereocenters. The van der Waals surface area contributed by atoms with Crippen molar-refractivity contribution in [2.24, 2.45) is 0 Å². The quantitative estimate of drug-likeness (QED) is 0.384. The van der Waals surface area contributed by atoms with E-state index in [9.17, 15) is 29.7 Å². The van der Waals surface area contributed by atoms with Gasteiger partial charge in [-0.3, -0.25) is 14.3 Å². The maximum absolute atomic E-state index is 11.5. The molecule has 0 spiro atoms. The second kappa shape index (κ2) is 5.17. The Bertz CT molecular complexity index is 622. The molecule has 1 saturated heterocycles. The minimum atomic E-state index is -2.07. The van der Waals surface area contributed by atoms with Crippen molar-refractivity contribution in [1.29, 1.82) is 0 Å². The van der Waals surface area contributed by atoms with Gasteiger partial charge < -0.3 is 25.2 Å². The van der Waals surface area contributed by atoms with E-state index in [0.717, 1.165) is 16.8 Å². The highest BCUT2D eigenvalue weighted by atomic mass is 16.6. The first-order chi connectivity index (χ1) is 9.32. The monoisotopic (exact) mass is 288 g/mol. The molecule has 0 aliphatic carbocycles. The number of carboxylic acids is 1. The number of aliphatic hydroxyl groups excluding tert-OH is 3. The third-order valence-electron chi connectivity index (χ3n) is 2.96. The zero-order chi connectivity index (χ0) is 15.0. The summed E-state index contributed by atoms with van der Waals surface area (Å²) < 4.78 is 5.81. The van der Waals surface area contributed by atoms with Gasteiger partial charge >= 0.3 is 11.7 Å². The van der Waals surface area contributed by atoms with Crippen LogP contribution in [0.1, 0.15) is 6.23 Å². The Hall–Kier alpha value is -2.01. The topological polar surface area (TPSA) is 162 Å². The summed E-state index contributed by atoms with van der Waals surface area (Å²) in [7, 11) is 0. The van der Waals surface area contributed by atoms with Crippen molar-refractivity contribution < 1.29 is 30.0 Å². The highest BCUT2D eigenvalue weighted by Crippen LogP contribution is 2.30. The molecule has 2 heterocycles. The first-order valence-corrected chi connectivity index (χ1v) is 5.57. The van der Waals surface area contributed by atoms with Crippen LogP contribution in [0.2, 0.25) is 0 Å². The van der Waals surface area contributed by atoms with Gasteiger partial charge in [0.1, 0.15) is 18.3 Å². The normalized spacial score (nSPS) is 31.1. The van der Waals surface area contributed by atoms with Crippen LogP contribution in [0.15, 0.2) is 21.9 Å². The van der Waals surface area contributed by atoms with Gasteiger partial charge in [-0.1, -0.05) is 0 Å². The van der Waals surface area contributed by atoms with Gasteiger partial charge in [0.05, 0.1) is 0 Å². The number of carbonyl (C=O) groups is 1. The molecular weight excluding hydrogens is 276 g/mol. The number of rotatable bonds is 3. The van der Waals surface area contributed by atoms with Gasteiger partial charge in [-0.2, -0.15) is 0 Å². The number of hydrogen-bond acceptors (Lipinski definition) is 7. The standard InChI is InChI=1S/C10H12N2O8/c13-3-1-2-12(10(19)11-3)8-5(15)4(14)7(20-8)6(16)9(17)18/h1-2,4-8,14-16H,(H,17,18)(H,11,13,19)/t4?,5?,6?,7-,8+/m1/s1. The second-order valence-corrected chi connectivity index (χ2v) is 4.27. The van der Waals surface area contributed by atoms with E-state index in [2.05, 4.69) is 0 Å². The lowest BCUT2D eigenvalue weighted by Gasteiger charge is -2.17. The van der Waals surface area contributed by atoms with Crippen LogP contribution in [-0.2, 0) is 9.53 Å². The Labute approximate surface area is 110 Å². The van der Waals surface area contributed by atoms with Gasteiger partial charge in [-0.05, 0) is 0 Å². The van der Waals surface area contributed by atoms with Crippen molar-refractivity contribution in [3.63, 3.8) is 0 Å². The maximum atomic E-state index is 11.5. The molecule has 10 nitrogen and oxygen atoms in total. The third-order valence-corrected chi connectivity index (χ3v) is 2.96. The Morgan fingerprint density at radius 3 is 2.55 bits per heavy atom. The predicted molar refractivity (Wildman–Crippen MR) is 60.9 cm³/mol. The van der Waals surface area contributed by atoms with E-state index in [0.29, 0.717) is 0 Å². The Balaban J connectivity index is 2.33. The number of aromatic nitrogens is 2. The highest BCUT2D eigenvalue weighted by Gasteiger charge is 2.49. The molecule has 0 aromatic carbocycles. The van der Waals surface area contributed by atoms with Crippen LogP contribution in [0.4, 0.5) is 0 Å². The summed E-state index contributed by atoms with van der Waals surface area (Å²) in [6.45, 7) is 0. The van der Waals surface area contributed by atoms with Crippen molar-refractivity contribution in [2.45, 2.75) is 30.6 Å². The zero-order valence-corrected chi connectivity index (χ0v) is 9.91. The van der Waals surface area contributed by atoms with E-state index >= 15 is 0 Å². The molecule has 110 valence electrons. The molecule has 0 radical (unpaired) electrons. The van der Waals surface area contributed by atoms with Crippen molar-refractivity contribution in [1.82, 2.24) is 9.55 Å². The van der Waals surface area contributed by atoms with E-state index in [1.165, 1.54) is 0 Å². The van der Waals surface area contributed by atoms with Crippen molar-refractivity contribution >= 4 is 5.97 Å². The van der Waals surface area contributed by atoms with Gasteiger partial charge in [-0.25, -0.2) is 9.59 Å². The Kier molecular flexibility index (Phi) is 3.72. The number of nitrogens with zero attached hydrogens (tertiary/aromatic N) is 1. The number of ether oxygens (including phenoxy) is 1. The number of nitrogens with one attached hydrogen (secondary N) is 1. The number of carboxylic acid groups (broad SMARTS) is 1. The smallest absolute Gasteiger partial charge is 0.335 e. The van der Waals surface area contributed by atoms with Gasteiger partial charge in [0.2, 0.25) is 0 Å². The molecule has 1 aromatic rings. The average molecular weight is 288 g/mol. The summed E-state index contributed by atoms with van der Waals surface area (Å²) in [4.78, 5) is 35.0. The first kappa shape index (κ1) is 14.4. The van der Waals surface area contributed by atoms with E-state index in [4.69, 9.17) is 9.84 Å². The van der Waals surface area contributed by atoms with Gasteiger partial charge in [-0.15, -0.1) is 0 Å². The summed E-state index contributed by atoms with van der Waals surface area (Å²) >= 11 is 0.